The fraction of sp³-hybridized carbons (Fsp3) is 0.172. The van der Waals surface area contributed by atoms with Crippen LogP contribution >= 0.6 is 0 Å². The van der Waals surface area contributed by atoms with Crippen molar-refractivity contribution in [3.8, 4) is 11.5 Å². The second-order valence-corrected chi connectivity index (χ2v) is 8.47. The van der Waals surface area contributed by atoms with Crippen LogP contribution in [0.3, 0.4) is 0 Å². The van der Waals surface area contributed by atoms with E-state index in [1.165, 1.54) is 0 Å². The topological polar surface area (TPSA) is 102 Å². The number of nitrogen functional groups attached to an aromatic ring is 1. The molecule has 4 N–H and O–H groups in total. The minimum Gasteiger partial charge on any atom is -0.481 e. The smallest absolute Gasteiger partial charge is 0.303 e. The van der Waals surface area contributed by atoms with Gasteiger partial charge in [0.1, 0.15) is 11.5 Å². The molecule has 0 radical (unpaired) electrons. The number of nitrogens with one attached hydrogen (secondary N) is 1. The maximum absolute atomic E-state index is 13.4. The summed E-state index contributed by atoms with van der Waals surface area (Å²) in [4.78, 5) is 24.4. The zero-order valence-corrected chi connectivity index (χ0v) is 19.5. The molecule has 0 aliphatic rings. The van der Waals surface area contributed by atoms with Gasteiger partial charge in [-0.2, -0.15) is 0 Å². The monoisotopic (exact) mass is 468 g/mol. The van der Waals surface area contributed by atoms with Crippen molar-refractivity contribution in [2.45, 2.75) is 32.2 Å². The lowest BCUT2D eigenvalue weighted by Crippen LogP contribution is -2.27. The zero-order chi connectivity index (χ0) is 24.8. The summed E-state index contributed by atoms with van der Waals surface area (Å²) in [6.45, 7) is 1.95. The van der Waals surface area contributed by atoms with Crippen LogP contribution in [-0.4, -0.2) is 17.0 Å². The molecule has 35 heavy (non-hydrogen) atoms. The number of fused-ring (bicyclic) bond motifs is 1. The van der Waals surface area contributed by atoms with Crippen molar-refractivity contribution in [1.82, 2.24) is 5.32 Å². The van der Waals surface area contributed by atoms with Crippen LogP contribution in [0.15, 0.2) is 84.9 Å². The molecule has 6 nitrogen and oxygen atoms in total. The number of hydrogen-bond acceptors (Lipinski definition) is 4. The Morgan fingerprint density at radius 1 is 0.971 bits per heavy atom. The Hall–Kier alpha value is -4.32. The van der Waals surface area contributed by atoms with Gasteiger partial charge in [-0.1, -0.05) is 60.7 Å². The number of carbonyl (C=O) groups excluding carboxylic acids is 1. The van der Waals surface area contributed by atoms with Crippen LogP contribution in [0.25, 0.3) is 10.8 Å². The van der Waals surface area contributed by atoms with Crippen LogP contribution < -0.4 is 15.8 Å². The Morgan fingerprint density at radius 2 is 1.71 bits per heavy atom. The first-order valence-electron chi connectivity index (χ1n) is 11.6. The molecule has 6 heteroatoms. The minimum absolute atomic E-state index is 0.0340. The third-order valence-electron chi connectivity index (χ3n) is 5.95. The number of carbonyl (C=O) groups is 2. The van der Waals surface area contributed by atoms with Crippen LogP contribution in [0, 0.1) is 0 Å². The summed E-state index contributed by atoms with van der Waals surface area (Å²) in [5.41, 5.74) is 8.74. The molecule has 1 atom stereocenters. The second-order valence-electron chi connectivity index (χ2n) is 8.47. The molecule has 178 valence electrons. The Kier molecular flexibility index (Phi) is 7.31. The highest BCUT2D eigenvalue weighted by Gasteiger charge is 2.18. The van der Waals surface area contributed by atoms with E-state index in [1.807, 2.05) is 67.6 Å². The van der Waals surface area contributed by atoms with Crippen LogP contribution in [0.5, 0.6) is 11.5 Å². The summed E-state index contributed by atoms with van der Waals surface area (Å²) in [6.07, 6.45) is 0.929. The predicted molar refractivity (Wildman–Crippen MR) is 138 cm³/mol. The molecule has 0 saturated carbocycles. The largest absolute Gasteiger partial charge is 0.481 e. The number of aryl methyl sites for hydroxylation is 1. The van der Waals surface area contributed by atoms with E-state index in [9.17, 15) is 9.59 Å². The molecule has 0 aliphatic carbocycles. The van der Waals surface area contributed by atoms with Gasteiger partial charge < -0.3 is 20.9 Å². The first kappa shape index (κ1) is 23.8. The maximum atomic E-state index is 13.4. The second kappa shape index (κ2) is 10.7. The van der Waals surface area contributed by atoms with Gasteiger partial charge in [0.15, 0.2) is 0 Å². The lowest BCUT2D eigenvalue weighted by molar-refractivity contribution is -0.137. The molecule has 0 fully saturated rings. The molecular formula is C29H28N2O4. The van der Waals surface area contributed by atoms with Gasteiger partial charge in [0, 0.05) is 12.0 Å². The van der Waals surface area contributed by atoms with E-state index in [0.717, 1.165) is 21.9 Å². The van der Waals surface area contributed by atoms with Crippen LogP contribution in [0.2, 0.25) is 0 Å². The number of benzene rings is 4. The molecule has 0 aliphatic heterocycles. The van der Waals surface area contributed by atoms with Gasteiger partial charge in [0.25, 0.3) is 5.91 Å². The molecule has 4 rings (SSSR count). The molecule has 0 aromatic heterocycles. The van der Waals surface area contributed by atoms with E-state index >= 15 is 0 Å². The van der Waals surface area contributed by atoms with Gasteiger partial charge in [-0.25, -0.2) is 0 Å². The van der Waals surface area contributed by atoms with Gasteiger partial charge in [-0.05, 0) is 65.9 Å². The van der Waals surface area contributed by atoms with E-state index in [4.69, 9.17) is 15.6 Å². The summed E-state index contributed by atoms with van der Waals surface area (Å²) in [5.74, 6) is -0.128. The predicted octanol–water partition coefficient (Wildman–Crippen LogP) is 6.11. The molecule has 0 saturated heterocycles. The van der Waals surface area contributed by atoms with Gasteiger partial charge in [0.05, 0.1) is 11.7 Å². The summed E-state index contributed by atoms with van der Waals surface area (Å²) in [5, 5.41) is 14.3. The summed E-state index contributed by atoms with van der Waals surface area (Å²) in [6, 6.07) is 26.3. The van der Waals surface area contributed by atoms with E-state index < -0.39 is 5.97 Å². The highest BCUT2D eigenvalue weighted by Crippen LogP contribution is 2.30. The van der Waals surface area contributed by atoms with Crippen molar-refractivity contribution in [3.63, 3.8) is 0 Å². The highest BCUT2D eigenvalue weighted by atomic mass is 16.5. The molecule has 0 heterocycles. The molecule has 1 amide bonds. The average Bonchev–Trinajstić information content (AvgIpc) is 2.85. The Balaban J connectivity index is 1.61. The van der Waals surface area contributed by atoms with E-state index in [-0.39, 0.29) is 18.4 Å². The molecule has 4 aromatic rings. The first-order chi connectivity index (χ1) is 16.9. The molecule has 4 aromatic carbocycles. The quantitative estimate of drug-likeness (QED) is 0.257. The van der Waals surface area contributed by atoms with Crippen LogP contribution in [0.1, 0.15) is 47.3 Å². The SMILES string of the molecule is CC(NC(=O)c1cc(Oc2ccccc2N)ccc1CCCC(=O)O)c1cccc2ccccc12. The highest BCUT2D eigenvalue weighted by molar-refractivity contribution is 5.97. The number of rotatable bonds is 9. The van der Waals surface area contributed by atoms with E-state index in [1.54, 1.807) is 24.3 Å². The summed E-state index contributed by atoms with van der Waals surface area (Å²) < 4.78 is 5.95. The minimum atomic E-state index is -0.861. The van der Waals surface area contributed by atoms with Crippen molar-refractivity contribution in [2.24, 2.45) is 0 Å². The first-order valence-corrected chi connectivity index (χ1v) is 11.6. The van der Waals surface area contributed by atoms with Crippen LogP contribution in [0.4, 0.5) is 5.69 Å². The fourth-order valence-corrected chi connectivity index (χ4v) is 4.16. The van der Waals surface area contributed by atoms with Crippen molar-refractivity contribution in [1.29, 1.82) is 0 Å². The number of hydrogen-bond donors (Lipinski definition) is 3. The molecule has 0 spiro atoms. The average molecular weight is 469 g/mol. The number of para-hydroxylation sites is 2. The molecular weight excluding hydrogens is 440 g/mol. The summed E-state index contributed by atoms with van der Waals surface area (Å²) >= 11 is 0. The van der Waals surface area contributed by atoms with Crippen molar-refractivity contribution >= 4 is 28.3 Å². The molecule has 1 unspecified atom stereocenters. The lowest BCUT2D eigenvalue weighted by Gasteiger charge is -2.19. The maximum Gasteiger partial charge on any atom is 0.303 e. The standard InChI is InChI=1S/C29H28N2O4/c1-19(23-12-6-9-20-8-2-3-11-24(20)23)31-29(34)25-18-22(35-27-14-5-4-13-26(27)30)17-16-21(25)10-7-15-28(32)33/h2-6,8-9,11-14,16-19H,7,10,15,30H2,1H3,(H,31,34)(H,32,33). The van der Waals surface area contributed by atoms with Crippen molar-refractivity contribution < 1.29 is 19.4 Å². The van der Waals surface area contributed by atoms with E-state index in [0.29, 0.717) is 35.6 Å². The van der Waals surface area contributed by atoms with Crippen molar-refractivity contribution in [2.75, 3.05) is 5.73 Å². The lowest BCUT2D eigenvalue weighted by atomic mass is 9.98. The number of amides is 1. The van der Waals surface area contributed by atoms with Gasteiger partial charge in [0.2, 0.25) is 0 Å². The third kappa shape index (κ3) is 5.79. The van der Waals surface area contributed by atoms with Gasteiger partial charge >= 0.3 is 5.97 Å². The fourth-order valence-electron chi connectivity index (χ4n) is 4.16. The number of carboxylic acids is 1. The third-order valence-corrected chi connectivity index (χ3v) is 5.95. The van der Waals surface area contributed by atoms with Gasteiger partial charge in [-0.3, -0.25) is 9.59 Å². The van der Waals surface area contributed by atoms with Crippen molar-refractivity contribution in [3.05, 3.63) is 102 Å². The molecule has 0 bridgehead atoms. The number of aliphatic carboxylic acids is 1. The Bertz CT molecular complexity index is 1360. The Morgan fingerprint density at radius 3 is 2.51 bits per heavy atom. The number of carboxylic acid groups (broad SMARTS) is 1. The zero-order valence-electron chi connectivity index (χ0n) is 19.5. The number of ether oxygens (including phenoxy) is 1. The number of nitrogens with two attached hydrogens (primary N) is 1. The summed E-state index contributed by atoms with van der Waals surface area (Å²) in [7, 11) is 0. The Labute approximate surface area is 204 Å². The van der Waals surface area contributed by atoms with E-state index in [2.05, 4.69) is 5.32 Å². The number of anilines is 1. The van der Waals surface area contributed by atoms with Gasteiger partial charge in [-0.15, -0.1) is 0 Å². The van der Waals surface area contributed by atoms with Crippen LogP contribution in [-0.2, 0) is 11.2 Å². The normalized spacial score (nSPS) is 11.7.